The molecule has 0 spiro atoms. The van der Waals surface area contributed by atoms with E-state index in [4.69, 9.17) is 23.2 Å². The van der Waals surface area contributed by atoms with Crippen molar-refractivity contribution in [3.63, 3.8) is 0 Å². The van der Waals surface area contributed by atoms with Crippen LogP contribution in [0.4, 0.5) is 13.2 Å². The predicted molar refractivity (Wildman–Crippen MR) is 146 cm³/mol. The molecule has 37 heavy (non-hydrogen) atoms. The first-order chi connectivity index (χ1) is 17.6. The number of thiophene rings is 1. The Morgan fingerprint density at radius 1 is 1.14 bits per heavy atom. The van der Waals surface area contributed by atoms with Gasteiger partial charge in [-0.15, -0.1) is 11.3 Å². The highest BCUT2D eigenvalue weighted by atomic mass is 35.5. The second-order valence-corrected chi connectivity index (χ2v) is 11.0. The lowest BCUT2D eigenvalue weighted by molar-refractivity contribution is -0.137. The highest BCUT2D eigenvalue weighted by molar-refractivity contribution is 7.12. The summed E-state index contributed by atoms with van der Waals surface area (Å²) in [6.07, 6.45) is -0.256. The van der Waals surface area contributed by atoms with Gasteiger partial charge in [-0.2, -0.15) is 13.2 Å². The number of amides is 1. The van der Waals surface area contributed by atoms with Gasteiger partial charge in [-0.1, -0.05) is 53.5 Å². The zero-order valence-electron chi connectivity index (χ0n) is 20.2. The molecular weight excluding hydrogens is 540 g/mol. The molecule has 0 saturated carbocycles. The largest absolute Gasteiger partial charge is 0.416 e. The number of carbonyl (C=O) groups excluding carboxylic acids is 1. The number of nitrogens with one attached hydrogen (secondary N) is 1. The Balaban J connectivity index is 1.47. The Hall–Kier alpha value is -2.32. The van der Waals surface area contributed by atoms with Gasteiger partial charge >= 0.3 is 6.18 Å². The van der Waals surface area contributed by atoms with Crippen LogP contribution in [0.1, 0.15) is 51.5 Å². The second kappa shape index (κ2) is 12.0. The van der Waals surface area contributed by atoms with Crippen LogP contribution in [0.5, 0.6) is 0 Å². The van der Waals surface area contributed by atoms with E-state index in [9.17, 15) is 18.0 Å². The van der Waals surface area contributed by atoms with Crippen molar-refractivity contribution in [1.29, 1.82) is 0 Å². The Morgan fingerprint density at radius 2 is 1.95 bits per heavy atom. The van der Waals surface area contributed by atoms with E-state index in [2.05, 4.69) is 5.32 Å². The number of carbonyl (C=O) groups is 1. The fraction of sp³-hybridized carbons (Fsp3) is 0.321. The van der Waals surface area contributed by atoms with Gasteiger partial charge in [0.05, 0.1) is 20.5 Å². The van der Waals surface area contributed by atoms with Gasteiger partial charge in [0.15, 0.2) is 0 Å². The topological polar surface area (TPSA) is 32.3 Å². The molecule has 2 aromatic carbocycles. The van der Waals surface area contributed by atoms with Crippen LogP contribution in [0.2, 0.25) is 10.0 Å². The van der Waals surface area contributed by atoms with E-state index in [0.717, 1.165) is 30.0 Å². The molecular formula is C28H27Cl2F3N2OS. The summed E-state index contributed by atoms with van der Waals surface area (Å²) >= 11 is 13.9. The van der Waals surface area contributed by atoms with E-state index in [1.54, 1.807) is 24.1 Å². The Kier molecular flexibility index (Phi) is 9.01. The lowest BCUT2D eigenvalue weighted by Crippen LogP contribution is -2.35. The maximum atomic E-state index is 13.2. The molecule has 1 aliphatic rings. The molecule has 2 atom stereocenters. The molecule has 0 aliphatic carbocycles. The number of halogens is 5. The summed E-state index contributed by atoms with van der Waals surface area (Å²) in [7, 11) is 1.79. The van der Waals surface area contributed by atoms with Gasteiger partial charge in [0.1, 0.15) is 0 Å². The lowest BCUT2D eigenvalue weighted by atomic mass is 9.87. The summed E-state index contributed by atoms with van der Waals surface area (Å²) in [5.41, 5.74) is 1.86. The van der Waals surface area contributed by atoms with Gasteiger partial charge in [0, 0.05) is 32.1 Å². The Morgan fingerprint density at radius 3 is 2.65 bits per heavy atom. The molecule has 0 fully saturated rings. The van der Waals surface area contributed by atoms with Crippen molar-refractivity contribution in [2.75, 3.05) is 20.1 Å². The lowest BCUT2D eigenvalue weighted by Gasteiger charge is -2.29. The van der Waals surface area contributed by atoms with E-state index in [0.29, 0.717) is 40.0 Å². The van der Waals surface area contributed by atoms with Crippen molar-refractivity contribution in [3.05, 3.63) is 97.7 Å². The maximum absolute atomic E-state index is 13.2. The first kappa shape index (κ1) is 27.7. The van der Waals surface area contributed by atoms with E-state index in [1.165, 1.54) is 23.5 Å². The number of rotatable bonds is 8. The van der Waals surface area contributed by atoms with E-state index < -0.39 is 11.7 Å². The maximum Gasteiger partial charge on any atom is 0.416 e. The molecule has 3 nitrogen and oxygen atoms in total. The molecule has 3 aromatic rings. The smallest absolute Gasteiger partial charge is 0.340 e. The molecule has 1 N–H and O–H groups in total. The number of hydrogen-bond donors (Lipinski definition) is 1. The molecule has 0 radical (unpaired) electrons. The third-order valence-corrected chi connectivity index (χ3v) is 8.23. The van der Waals surface area contributed by atoms with Crippen LogP contribution in [0.15, 0.2) is 66.1 Å². The second-order valence-electron chi connectivity index (χ2n) is 9.23. The van der Waals surface area contributed by atoms with Crippen LogP contribution < -0.4 is 5.32 Å². The summed E-state index contributed by atoms with van der Waals surface area (Å²) in [4.78, 5) is 15.3. The fourth-order valence-corrected chi connectivity index (χ4v) is 5.66. The number of nitrogens with zero attached hydrogens (tertiary/aromatic N) is 1. The highest BCUT2D eigenvalue weighted by Crippen LogP contribution is 2.34. The van der Waals surface area contributed by atoms with Gasteiger partial charge in [0.2, 0.25) is 0 Å². The Bertz CT molecular complexity index is 1260. The molecule has 4 rings (SSSR count). The SMILES string of the molecule is CN(CC(CCC1CC(c2cccc(C(F)(F)F)c2)=CCN1)c1ccc(Cl)c(Cl)c1)C(=O)c1cccs1. The summed E-state index contributed by atoms with van der Waals surface area (Å²) in [5.74, 6) is -0.0287. The normalized spacial score (nSPS) is 16.8. The third-order valence-electron chi connectivity index (χ3n) is 6.63. The highest BCUT2D eigenvalue weighted by Gasteiger charge is 2.31. The molecule has 196 valence electrons. The van der Waals surface area contributed by atoms with Gasteiger partial charge in [0.25, 0.3) is 5.91 Å². The van der Waals surface area contributed by atoms with Gasteiger partial charge < -0.3 is 10.2 Å². The first-order valence-corrected chi connectivity index (χ1v) is 13.6. The van der Waals surface area contributed by atoms with Crippen LogP contribution >= 0.6 is 34.5 Å². The zero-order valence-corrected chi connectivity index (χ0v) is 22.5. The van der Waals surface area contributed by atoms with Crippen molar-refractivity contribution >= 4 is 46.0 Å². The summed E-state index contributed by atoms with van der Waals surface area (Å²) in [6.45, 7) is 1.09. The minimum Gasteiger partial charge on any atom is -0.340 e. The van der Waals surface area contributed by atoms with Crippen molar-refractivity contribution in [1.82, 2.24) is 10.2 Å². The van der Waals surface area contributed by atoms with Crippen LogP contribution in [-0.4, -0.2) is 37.0 Å². The van der Waals surface area contributed by atoms with E-state index >= 15 is 0 Å². The molecule has 2 heterocycles. The molecule has 1 amide bonds. The van der Waals surface area contributed by atoms with Gasteiger partial charge in [-0.25, -0.2) is 0 Å². The molecule has 0 bridgehead atoms. The van der Waals surface area contributed by atoms with Crippen LogP contribution in [0.25, 0.3) is 5.57 Å². The fourth-order valence-electron chi connectivity index (χ4n) is 4.64. The van der Waals surface area contributed by atoms with Gasteiger partial charge in [-0.05, 0) is 71.7 Å². The monoisotopic (exact) mass is 566 g/mol. The van der Waals surface area contributed by atoms with E-state index in [-0.39, 0.29) is 17.9 Å². The average Bonchev–Trinajstić information content (AvgIpc) is 3.42. The van der Waals surface area contributed by atoms with Crippen LogP contribution in [0, 0.1) is 0 Å². The van der Waals surface area contributed by atoms with Crippen LogP contribution in [-0.2, 0) is 6.18 Å². The van der Waals surface area contributed by atoms with Crippen LogP contribution in [0.3, 0.4) is 0 Å². The molecule has 1 aromatic heterocycles. The molecule has 2 unspecified atom stereocenters. The number of benzene rings is 2. The van der Waals surface area contributed by atoms with Gasteiger partial charge in [-0.3, -0.25) is 4.79 Å². The third kappa shape index (κ3) is 7.17. The minimum atomic E-state index is -4.37. The predicted octanol–water partition coefficient (Wildman–Crippen LogP) is 8.16. The Labute approximate surface area is 228 Å². The van der Waals surface area contributed by atoms with E-state index in [1.807, 2.05) is 35.7 Å². The van der Waals surface area contributed by atoms with Crippen molar-refractivity contribution < 1.29 is 18.0 Å². The number of alkyl halides is 3. The molecule has 0 saturated heterocycles. The summed E-state index contributed by atoms with van der Waals surface area (Å²) < 4.78 is 39.6. The van der Waals surface area contributed by atoms with Crippen molar-refractivity contribution in [2.45, 2.75) is 37.4 Å². The van der Waals surface area contributed by atoms with Crippen molar-refractivity contribution in [2.24, 2.45) is 0 Å². The summed E-state index contributed by atoms with van der Waals surface area (Å²) in [6, 6.07) is 14.8. The number of likely N-dealkylation sites (N-methyl/N-ethyl adjacent to an activating group) is 1. The first-order valence-electron chi connectivity index (χ1n) is 12.0. The average molecular weight is 568 g/mol. The standard InChI is InChI=1S/C28H27Cl2F3N2OS/c1-35(27(36)26-6-3-13-37-26)17-21(19-8-10-24(29)25(30)16-19)7-9-23-15-20(11-12-34-23)18-4-2-5-22(14-18)28(31,32)33/h2-6,8,10-11,13-14,16,21,23,34H,7,9,12,15,17H2,1H3. The minimum absolute atomic E-state index is 0.00777. The molecule has 9 heteroatoms. The molecule has 1 aliphatic heterocycles. The number of hydrogen-bond acceptors (Lipinski definition) is 3. The summed E-state index contributed by atoms with van der Waals surface area (Å²) in [5, 5.41) is 6.27. The quantitative estimate of drug-likeness (QED) is 0.298. The van der Waals surface area contributed by atoms with Crippen molar-refractivity contribution in [3.8, 4) is 0 Å². The zero-order chi connectivity index (χ0) is 26.6.